The Labute approximate surface area is 177 Å². The van der Waals surface area contributed by atoms with E-state index in [1.54, 1.807) is 0 Å². The van der Waals surface area contributed by atoms with Crippen LogP contribution in [0, 0.1) is 13.8 Å². The lowest BCUT2D eigenvalue weighted by molar-refractivity contribution is -0.450. The first-order valence-electron chi connectivity index (χ1n) is 11.0. The van der Waals surface area contributed by atoms with Gasteiger partial charge in [-0.1, -0.05) is 62.9 Å². The number of nitrogens with zero attached hydrogens (tertiary/aromatic N) is 2. The van der Waals surface area contributed by atoms with Crippen molar-refractivity contribution in [2.24, 2.45) is 0 Å². The Kier molecular flexibility index (Phi) is 3.38. The van der Waals surface area contributed by atoms with Gasteiger partial charge in [0.1, 0.15) is 11.1 Å². The molecule has 2 aromatic heterocycles. The molecule has 0 saturated heterocycles. The molecule has 6 rings (SSSR count). The number of imidazole rings is 1. The molecule has 30 heavy (non-hydrogen) atoms. The number of pyridine rings is 1. The summed E-state index contributed by atoms with van der Waals surface area (Å²) >= 11 is 0. The molecular weight excluding hydrogens is 364 g/mol. The Morgan fingerprint density at radius 2 is 1.67 bits per heavy atom. The lowest BCUT2D eigenvalue weighted by Gasteiger charge is -2.35. The molecule has 0 amide bonds. The van der Waals surface area contributed by atoms with Gasteiger partial charge in [0, 0.05) is 16.3 Å². The van der Waals surface area contributed by atoms with E-state index >= 15 is 0 Å². The van der Waals surface area contributed by atoms with E-state index in [2.05, 4.69) is 91.3 Å². The molecule has 0 aliphatic carbocycles. The number of hydrogen-bond donors (Lipinski definition) is 0. The number of hydrogen-bond acceptors (Lipinski definition) is 0. The fourth-order valence-electron chi connectivity index (χ4n) is 6.03. The maximum Gasteiger partial charge on any atom is 0.297 e. The molecule has 0 atom stereocenters. The molecule has 2 nitrogen and oxygen atoms in total. The van der Waals surface area contributed by atoms with Crippen molar-refractivity contribution < 1.29 is 4.40 Å². The van der Waals surface area contributed by atoms with Gasteiger partial charge in [-0.25, -0.2) is 4.57 Å². The zero-order chi connectivity index (χ0) is 20.8. The lowest BCUT2D eigenvalue weighted by atomic mass is 9.77. The Hall–Kier alpha value is -3.13. The van der Waals surface area contributed by atoms with Crippen molar-refractivity contribution in [1.29, 1.82) is 0 Å². The molecule has 0 spiro atoms. The van der Waals surface area contributed by atoms with Gasteiger partial charge >= 0.3 is 0 Å². The second-order valence-corrected chi connectivity index (χ2v) is 8.90. The number of allylic oxidation sites excluding steroid dienone is 1. The van der Waals surface area contributed by atoms with Crippen LogP contribution in [-0.2, 0) is 5.54 Å². The van der Waals surface area contributed by atoms with Crippen molar-refractivity contribution in [3.05, 3.63) is 77.9 Å². The first-order chi connectivity index (χ1) is 14.5. The van der Waals surface area contributed by atoms with Gasteiger partial charge in [0.2, 0.25) is 0 Å². The third kappa shape index (κ3) is 1.84. The van der Waals surface area contributed by atoms with E-state index < -0.39 is 0 Å². The molecule has 1 aliphatic heterocycles. The first-order valence-corrected chi connectivity index (χ1v) is 11.0. The summed E-state index contributed by atoms with van der Waals surface area (Å²) in [5, 5.41) is 3.98. The zero-order valence-corrected chi connectivity index (χ0v) is 18.2. The maximum absolute atomic E-state index is 4.70. The molecule has 0 bridgehead atoms. The van der Waals surface area contributed by atoms with Crippen LogP contribution in [0.15, 0.2) is 61.2 Å². The van der Waals surface area contributed by atoms with Crippen LogP contribution in [0.5, 0.6) is 0 Å². The number of para-hydroxylation sites is 1. The highest BCUT2D eigenvalue weighted by Gasteiger charge is 2.46. The summed E-state index contributed by atoms with van der Waals surface area (Å²) in [6.07, 6.45) is 2.05. The van der Waals surface area contributed by atoms with Crippen molar-refractivity contribution >= 4 is 43.9 Å². The number of aromatic nitrogens is 2. The number of rotatable bonds is 2. The summed E-state index contributed by atoms with van der Waals surface area (Å²) in [4.78, 5) is 0. The normalized spacial score (nSPS) is 15.3. The van der Waals surface area contributed by atoms with Crippen molar-refractivity contribution in [3.8, 4) is 0 Å². The molecule has 2 heteroatoms. The zero-order valence-electron chi connectivity index (χ0n) is 18.2. The van der Waals surface area contributed by atoms with Crippen LogP contribution in [0.3, 0.4) is 0 Å². The lowest BCUT2D eigenvalue weighted by Crippen LogP contribution is -2.38. The van der Waals surface area contributed by atoms with Crippen molar-refractivity contribution in [1.82, 2.24) is 4.57 Å². The molecule has 0 unspecified atom stereocenters. The van der Waals surface area contributed by atoms with Gasteiger partial charge in [0.05, 0.1) is 5.39 Å². The van der Waals surface area contributed by atoms with Crippen molar-refractivity contribution in [2.75, 3.05) is 0 Å². The van der Waals surface area contributed by atoms with Gasteiger partial charge < -0.3 is 0 Å². The molecular formula is C28H27N2+. The van der Waals surface area contributed by atoms with Crippen LogP contribution in [0.25, 0.3) is 43.9 Å². The highest BCUT2D eigenvalue weighted by Crippen LogP contribution is 2.49. The predicted molar refractivity (Wildman–Crippen MR) is 127 cm³/mol. The van der Waals surface area contributed by atoms with Gasteiger partial charge in [0.15, 0.2) is 11.0 Å². The summed E-state index contributed by atoms with van der Waals surface area (Å²) in [6, 6.07) is 20.4. The molecule has 0 saturated carbocycles. The average Bonchev–Trinajstić information content (AvgIpc) is 3.09. The van der Waals surface area contributed by atoms with Crippen LogP contribution < -0.4 is 4.40 Å². The third-order valence-corrected chi connectivity index (χ3v) is 7.56. The van der Waals surface area contributed by atoms with Gasteiger partial charge in [-0.05, 0) is 55.5 Å². The van der Waals surface area contributed by atoms with Gasteiger partial charge in [0.25, 0.3) is 5.65 Å². The molecule has 148 valence electrons. The summed E-state index contributed by atoms with van der Waals surface area (Å²) < 4.78 is 5.15. The fourth-order valence-corrected chi connectivity index (χ4v) is 6.03. The van der Waals surface area contributed by atoms with Gasteiger partial charge in [-0.3, -0.25) is 0 Å². The molecule has 1 aliphatic rings. The summed E-state index contributed by atoms with van der Waals surface area (Å²) in [6.45, 7) is 13.7. The number of aryl methyl sites for hydroxylation is 2. The number of benzene rings is 3. The number of fused-ring (bicyclic) bond motifs is 6. The van der Waals surface area contributed by atoms with E-state index in [0.29, 0.717) is 0 Å². The summed E-state index contributed by atoms with van der Waals surface area (Å²) in [7, 11) is 0. The molecule has 3 aromatic carbocycles. The molecule has 5 aromatic rings. The monoisotopic (exact) mass is 391 g/mol. The van der Waals surface area contributed by atoms with E-state index in [0.717, 1.165) is 12.8 Å². The Bertz CT molecular complexity index is 1540. The second kappa shape index (κ2) is 5.72. The van der Waals surface area contributed by atoms with E-state index in [9.17, 15) is 0 Å². The molecule has 0 N–H and O–H groups in total. The molecule has 3 heterocycles. The van der Waals surface area contributed by atoms with Gasteiger partial charge in [-0.15, -0.1) is 0 Å². The van der Waals surface area contributed by atoms with E-state index in [1.807, 2.05) is 0 Å². The SMILES string of the molecule is C=C1c2cccc3c4cccc(C)c4[n+]4c5ccc(C)cc5n(c4c23)C1(CC)CC. The largest absolute Gasteiger partial charge is 0.297 e. The average molecular weight is 392 g/mol. The molecule has 0 fully saturated rings. The standard InChI is InChI=1S/C28H27N2/c1-6-28(7-2)19(5)20-11-9-12-21-22-13-8-10-18(4)26(22)29-23-15-14-17(3)16-24(23)30(28)27(29)25(20)21/h8-16H,5-7H2,1-4H3/q+1. The first kappa shape index (κ1) is 17.7. The van der Waals surface area contributed by atoms with Crippen LogP contribution >= 0.6 is 0 Å². The topological polar surface area (TPSA) is 9.03 Å². The minimum absolute atomic E-state index is 0.113. The van der Waals surface area contributed by atoms with Crippen molar-refractivity contribution in [2.45, 2.75) is 46.1 Å². The summed E-state index contributed by atoms with van der Waals surface area (Å²) in [5.74, 6) is 0. The van der Waals surface area contributed by atoms with E-state index in [1.165, 1.54) is 60.6 Å². The predicted octanol–water partition coefficient (Wildman–Crippen LogP) is 6.85. The fraction of sp³-hybridized carbons (Fsp3) is 0.250. The highest BCUT2D eigenvalue weighted by atomic mass is 15.2. The summed E-state index contributed by atoms with van der Waals surface area (Å²) in [5.41, 5.74) is 10.3. The second-order valence-electron chi connectivity index (χ2n) is 8.90. The van der Waals surface area contributed by atoms with Crippen LogP contribution in [0.2, 0.25) is 0 Å². The minimum Gasteiger partial charge on any atom is -0.213 e. The Balaban J connectivity index is 2.09. The minimum atomic E-state index is -0.113. The Morgan fingerprint density at radius 1 is 0.933 bits per heavy atom. The smallest absolute Gasteiger partial charge is 0.213 e. The van der Waals surface area contributed by atoms with E-state index in [-0.39, 0.29) is 5.54 Å². The Morgan fingerprint density at radius 3 is 2.43 bits per heavy atom. The van der Waals surface area contributed by atoms with Gasteiger partial charge in [-0.2, -0.15) is 4.40 Å². The van der Waals surface area contributed by atoms with Crippen molar-refractivity contribution in [3.63, 3.8) is 0 Å². The van der Waals surface area contributed by atoms with Crippen LogP contribution in [0.4, 0.5) is 0 Å². The highest BCUT2D eigenvalue weighted by molar-refractivity contribution is 6.16. The molecule has 0 radical (unpaired) electrons. The van der Waals surface area contributed by atoms with E-state index in [4.69, 9.17) is 6.58 Å². The third-order valence-electron chi connectivity index (χ3n) is 7.56. The maximum atomic E-state index is 4.70. The van der Waals surface area contributed by atoms with Crippen LogP contribution in [0.1, 0.15) is 43.4 Å². The quantitative estimate of drug-likeness (QED) is 0.230. The van der Waals surface area contributed by atoms with Crippen LogP contribution in [-0.4, -0.2) is 4.57 Å².